The molecular formula is C24H38ClN9O5. The molecule has 0 saturated carbocycles. The number of hydrogen-bond donors (Lipinski definition) is 6. The van der Waals surface area contributed by atoms with E-state index >= 15 is 0 Å². The van der Waals surface area contributed by atoms with Crippen molar-refractivity contribution in [2.24, 2.45) is 0 Å². The van der Waals surface area contributed by atoms with E-state index in [9.17, 15) is 19.8 Å². The number of ether oxygens (including phenoxy) is 1. The van der Waals surface area contributed by atoms with Crippen LogP contribution in [0.15, 0.2) is 12.7 Å². The molecule has 0 bridgehead atoms. The van der Waals surface area contributed by atoms with Gasteiger partial charge < -0.3 is 41.1 Å². The average molecular weight is 568 g/mol. The summed E-state index contributed by atoms with van der Waals surface area (Å²) in [6.45, 7) is 6.83. The van der Waals surface area contributed by atoms with Gasteiger partial charge in [-0.3, -0.25) is 14.2 Å². The van der Waals surface area contributed by atoms with Crippen molar-refractivity contribution in [3.8, 4) is 0 Å². The van der Waals surface area contributed by atoms with Crippen molar-refractivity contribution in [1.82, 2.24) is 45.7 Å². The number of nitrogens with one attached hydrogen (secondary N) is 4. The normalized spacial score (nSPS) is 25.3. The van der Waals surface area contributed by atoms with Crippen molar-refractivity contribution in [2.75, 3.05) is 58.9 Å². The topological polar surface area (TPSA) is 179 Å². The molecule has 2 saturated heterocycles. The number of rotatable bonds is 8. The molecule has 6 N–H and O–H groups in total. The van der Waals surface area contributed by atoms with E-state index in [4.69, 9.17) is 16.3 Å². The Morgan fingerprint density at radius 1 is 0.974 bits per heavy atom. The highest BCUT2D eigenvalue weighted by Crippen LogP contribution is 2.32. The van der Waals surface area contributed by atoms with Gasteiger partial charge in [0.1, 0.15) is 24.1 Å². The summed E-state index contributed by atoms with van der Waals surface area (Å²) in [4.78, 5) is 39.4. The molecule has 2 aliphatic heterocycles. The lowest BCUT2D eigenvalue weighted by Gasteiger charge is -2.24. The molecule has 4 atom stereocenters. The van der Waals surface area contributed by atoms with Crippen molar-refractivity contribution in [3.05, 3.63) is 17.8 Å². The molecule has 0 aromatic carbocycles. The lowest BCUT2D eigenvalue weighted by Crippen LogP contribution is -2.44. The van der Waals surface area contributed by atoms with Gasteiger partial charge in [-0.1, -0.05) is 18.0 Å². The maximum absolute atomic E-state index is 12.7. The van der Waals surface area contributed by atoms with Gasteiger partial charge in [0.25, 0.3) is 5.91 Å². The van der Waals surface area contributed by atoms with E-state index in [1.807, 2.05) is 4.90 Å². The number of carbonyl (C=O) groups excluding carboxylic acids is 2. The van der Waals surface area contributed by atoms with Gasteiger partial charge in [-0.05, 0) is 12.8 Å². The zero-order chi connectivity index (χ0) is 27.6. The van der Waals surface area contributed by atoms with E-state index in [0.29, 0.717) is 43.6 Å². The molecule has 4 heterocycles. The first-order valence-corrected chi connectivity index (χ1v) is 13.9. The van der Waals surface area contributed by atoms with Gasteiger partial charge in [0.2, 0.25) is 5.91 Å². The number of nitrogens with zero attached hydrogens (tertiary/aromatic N) is 5. The Morgan fingerprint density at radius 3 is 2.38 bits per heavy atom. The van der Waals surface area contributed by atoms with E-state index in [2.05, 4.69) is 36.2 Å². The molecule has 4 rings (SSSR count). The van der Waals surface area contributed by atoms with Crippen LogP contribution in [0, 0.1) is 0 Å². The second-order valence-electron chi connectivity index (χ2n) is 9.65. The van der Waals surface area contributed by atoms with Crippen LogP contribution in [0.1, 0.15) is 31.9 Å². The highest BCUT2D eigenvalue weighted by Gasteiger charge is 2.47. The molecule has 15 heteroatoms. The summed E-state index contributed by atoms with van der Waals surface area (Å²) in [5.41, 5.74) is 0.643. The number of aliphatic hydroxyl groups is 2. The number of hydrogen-bond acceptors (Lipinski definition) is 11. The Bertz CT molecular complexity index is 1080. The fourth-order valence-electron chi connectivity index (χ4n) is 4.68. The van der Waals surface area contributed by atoms with Crippen LogP contribution in [0.5, 0.6) is 0 Å². The van der Waals surface area contributed by atoms with Crippen LogP contribution >= 0.6 is 11.6 Å². The van der Waals surface area contributed by atoms with Crippen molar-refractivity contribution in [3.63, 3.8) is 0 Å². The number of aliphatic hydroxyl groups excluding tert-OH is 2. The molecule has 2 aromatic rings. The third-order valence-electron chi connectivity index (χ3n) is 6.88. The number of aromatic nitrogens is 4. The highest BCUT2D eigenvalue weighted by atomic mass is 35.5. The van der Waals surface area contributed by atoms with E-state index in [-0.39, 0.29) is 11.1 Å². The fraction of sp³-hybridized carbons (Fsp3) is 0.708. The van der Waals surface area contributed by atoms with Crippen LogP contribution in [0.3, 0.4) is 0 Å². The van der Waals surface area contributed by atoms with Gasteiger partial charge in [0.05, 0.1) is 6.33 Å². The smallest absolute Gasteiger partial charge is 0.252 e. The summed E-state index contributed by atoms with van der Waals surface area (Å²) >= 11 is 6.03. The largest absolute Gasteiger partial charge is 0.387 e. The van der Waals surface area contributed by atoms with Crippen molar-refractivity contribution in [2.45, 2.75) is 50.2 Å². The Hall–Kier alpha value is -2.46. The first kappa shape index (κ1) is 29.5. The second kappa shape index (κ2) is 14.8. The standard InChI is InChI=1S/C24H38ClN9O5/c25-21-17-22(31-14-30-21)34(15-32-17)24-19(37)18(36)20(39-24)23(38)29-5-3-1-2-4-16(35)33-12-10-27-8-6-26-7-9-28-11-13-33/h14-15,18-20,24,26-28,36-37H,1-13H2,(H,29,38)/t18-,19+,20-,24+/m0/s1. The Kier molecular flexibility index (Phi) is 11.2. The number of unbranched alkanes of at least 4 members (excludes halogenated alkanes) is 2. The van der Waals surface area contributed by atoms with Crippen molar-refractivity contribution < 1.29 is 24.5 Å². The summed E-state index contributed by atoms with van der Waals surface area (Å²) < 4.78 is 7.13. The number of carbonyl (C=O) groups is 2. The van der Waals surface area contributed by atoms with Crippen LogP contribution in [-0.4, -0.2) is 124 Å². The average Bonchev–Trinajstić information content (AvgIpc) is 3.48. The summed E-state index contributed by atoms with van der Waals surface area (Å²) in [5, 5.41) is 34.0. The van der Waals surface area contributed by atoms with E-state index < -0.39 is 30.4 Å². The van der Waals surface area contributed by atoms with Gasteiger partial charge in [0.15, 0.2) is 23.1 Å². The summed E-state index contributed by atoms with van der Waals surface area (Å²) in [5.74, 6) is -0.384. The van der Waals surface area contributed by atoms with Gasteiger partial charge in [-0.15, -0.1) is 0 Å². The zero-order valence-electron chi connectivity index (χ0n) is 21.9. The van der Waals surface area contributed by atoms with Crippen molar-refractivity contribution >= 4 is 34.6 Å². The maximum atomic E-state index is 12.7. The zero-order valence-corrected chi connectivity index (χ0v) is 22.6. The van der Waals surface area contributed by atoms with Crippen LogP contribution < -0.4 is 21.3 Å². The first-order valence-electron chi connectivity index (χ1n) is 13.5. The van der Waals surface area contributed by atoms with Crippen LogP contribution in [-0.2, 0) is 14.3 Å². The number of halogens is 1. The minimum absolute atomic E-state index is 0.138. The Labute approximate surface area is 231 Å². The molecular weight excluding hydrogens is 530 g/mol. The van der Waals surface area contributed by atoms with Crippen molar-refractivity contribution in [1.29, 1.82) is 0 Å². The summed E-state index contributed by atoms with van der Waals surface area (Å²) in [6.07, 6.45) is 0.125. The molecule has 0 aliphatic carbocycles. The Morgan fingerprint density at radius 2 is 1.67 bits per heavy atom. The van der Waals surface area contributed by atoms with E-state index in [0.717, 1.165) is 52.1 Å². The lowest BCUT2D eigenvalue weighted by molar-refractivity contribution is -0.137. The molecule has 14 nitrogen and oxygen atoms in total. The predicted molar refractivity (Wildman–Crippen MR) is 143 cm³/mol. The predicted octanol–water partition coefficient (Wildman–Crippen LogP) is -1.61. The quantitative estimate of drug-likeness (QED) is 0.160. The Balaban J connectivity index is 1.17. The van der Waals surface area contributed by atoms with Gasteiger partial charge >= 0.3 is 0 Å². The molecule has 216 valence electrons. The van der Waals surface area contributed by atoms with Gasteiger partial charge in [0, 0.05) is 65.3 Å². The molecule has 2 aromatic heterocycles. The molecule has 0 radical (unpaired) electrons. The summed E-state index contributed by atoms with van der Waals surface area (Å²) in [6, 6.07) is 0. The van der Waals surface area contributed by atoms with Crippen LogP contribution in [0.25, 0.3) is 11.2 Å². The monoisotopic (exact) mass is 567 g/mol. The molecule has 39 heavy (non-hydrogen) atoms. The van der Waals surface area contributed by atoms with E-state index in [1.54, 1.807) is 0 Å². The number of fused-ring (bicyclic) bond motifs is 1. The second-order valence-corrected chi connectivity index (χ2v) is 10.0. The van der Waals surface area contributed by atoms with Crippen LogP contribution in [0.4, 0.5) is 0 Å². The minimum Gasteiger partial charge on any atom is -0.387 e. The SMILES string of the molecule is O=C(NCCCCCC(=O)N1CCNCCNCCNCC1)[C@H]1O[C@@H](n2cnc3c(Cl)ncnc32)[C@H](O)[C@@H]1O. The number of amides is 2. The molecule has 0 spiro atoms. The lowest BCUT2D eigenvalue weighted by atomic mass is 10.1. The third-order valence-corrected chi connectivity index (χ3v) is 7.16. The summed E-state index contributed by atoms with van der Waals surface area (Å²) in [7, 11) is 0. The molecule has 2 amide bonds. The number of imidazole rings is 1. The van der Waals surface area contributed by atoms with Crippen LogP contribution in [0.2, 0.25) is 5.15 Å². The third kappa shape index (κ3) is 7.81. The van der Waals surface area contributed by atoms with E-state index in [1.165, 1.54) is 17.2 Å². The van der Waals surface area contributed by atoms with Gasteiger partial charge in [-0.2, -0.15) is 0 Å². The first-order chi connectivity index (χ1) is 19.0. The molecule has 2 aliphatic rings. The molecule has 2 fully saturated rings. The molecule has 0 unspecified atom stereocenters. The van der Waals surface area contributed by atoms with Gasteiger partial charge in [-0.25, -0.2) is 15.0 Å². The fourth-order valence-corrected chi connectivity index (χ4v) is 4.86. The maximum Gasteiger partial charge on any atom is 0.252 e. The highest BCUT2D eigenvalue weighted by molar-refractivity contribution is 6.33. The minimum atomic E-state index is -1.43.